The van der Waals surface area contributed by atoms with Crippen LogP contribution in [0.1, 0.15) is 16.3 Å². The molecular weight excluding hydrogens is 286 g/mol. The van der Waals surface area contributed by atoms with Gasteiger partial charge >= 0.3 is 0 Å². The molecular formula is C13H12ClNO3S. The van der Waals surface area contributed by atoms with Crippen molar-refractivity contribution in [3.8, 4) is 0 Å². The van der Waals surface area contributed by atoms with Crippen LogP contribution in [-0.4, -0.2) is 17.2 Å². The fraction of sp³-hybridized carbons (Fsp3) is 0.154. The number of benzene rings is 1. The highest BCUT2D eigenvalue weighted by Gasteiger charge is 2.12. The van der Waals surface area contributed by atoms with E-state index in [1.165, 1.54) is 7.05 Å². The molecule has 1 N–H and O–H groups in total. The van der Waals surface area contributed by atoms with Crippen molar-refractivity contribution in [2.75, 3.05) is 7.05 Å². The Morgan fingerprint density at radius 2 is 2.16 bits per heavy atom. The van der Waals surface area contributed by atoms with Gasteiger partial charge in [-0.15, -0.1) is 0 Å². The molecule has 4 nitrogen and oxygen atoms in total. The molecule has 0 bridgehead atoms. The maximum Gasteiger partial charge on any atom is 0.286 e. The van der Waals surface area contributed by atoms with Crippen LogP contribution in [-0.2, 0) is 16.6 Å². The summed E-state index contributed by atoms with van der Waals surface area (Å²) >= 11 is 5.85. The van der Waals surface area contributed by atoms with Crippen molar-refractivity contribution < 1.29 is 13.4 Å². The van der Waals surface area contributed by atoms with E-state index in [-0.39, 0.29) is 17.4 Å². The molecule has 6 heteroatoms. The normalized spacial score (nSPS) is 12.1. The average molecular weight is 298 g/mol. The van der Waals surface area contributed by atoms with Crippen LogP contribution in [0.5, 0.6) is 0 Å². The highest BCUT2D eigenvalue weighted by atomic mass is 35.5. The molecule has 1 atom stereocenters. The molecule has 0 aliphatic rings. The first-order valence-electron chi connectivity index (χ1n) is 5.55. The molecule has 0 saturated carbocycles. The summed E-state index contributed by atoms with van der Waals surface area (Å²) in [4.78, 5) is 12.0. The predicted octanol–water partition coefficient (Wildman–Crippen LogP) is 2.60. The third-order valence-corrected chi connectivity index (χ3v) is 4.01. The Labute approximate surface area is 118 Å². The molecule has 1 amide bonds. The highest BCUT2D eigenvalue weighted by Crippen LogP contribution is 2.18. The fourth-order valence-corrected chi connectivity index (χ4v) is 2.85. The van der Waals surface area contributed by atoms with Gasteiger partial charge in [-0.2, -0.15) is 0 Å². The van der Waals surface area contributed by atoms with E-state index in [9.17, 15) is 9.00 Å². The van der Waals surface area contributed by atoms with Crippen molar-refractivity contribution in [3.05, 3.63) is 52.9 Å². The van der Waals surface area contributed by atoms with E-state index in [0.717, 1.165) is 0 Å². The number of hydrogen-bond acceptors (Lipinski definition) is 3. The number of carbonyl (C=O) groups excluding carboxylic acids is 1. The Kier molecular flexibility index (Phi) is 4.39. The Hall–Kier alpha value is -1.59. The van der Waals surface area contributed by atoms with E-state index >= 15 is 0 Å². The number of nitrogens with one attached hydrogen (secondary N) is 1. The van der Waals surface area contributed by atoms with Gasteiger partial charge in [0.1, 0.15) is 5.76 Å². The molecule has 0 saturated heterocycles. The maximum absolute atomic E-state index is 12.1. The molecule has 2 rings (SSSR count). The van der Waals surface area contributed by atoms with Crippen LogP contribution in [0.4, 0.5) is 0 Å². The van der Waals surface area contributed by atoms with Crippen molar-refractivity contribution in [1.29, 1.82) is 0 Å². The van der Waals surface area contributed by atoms with Gasteiger partial charge in [0.25, 0.3) is 5.91 Å². The summed E-state index contributed by atoms with van der Waals surface area (Å²) in [5.74, 6) is 0.606. The average Bonchev–Trinajstić information content (AvgIpc) is 2.86. The van der Waals surface area contributed by atoms with Gasteiger partial charge in [-0.25, -0.2) is 0 Å². The van der Waals surface area contributed by atoms with Crippen LogP contribution in [0, 0.1) is 0 Å². The Bertz CT molecular complexity index is 624. The first kappa shape index (κ1) is 13.8. The van der Waals surface area contributed by atoms with E-state index in [1.807, 2.05) is 0 Å². The molecule has 0 unspecified atom stereocenters. The second-order valence-electron chi connectivity index (χ2n) is 3.79. The summed E-state index contributed by atoms with van der Waals surface area (Å²) < 4.78 is 17.4. The minimum absolute atomic E-state index is 0.206. The van der Waals surface area contributed by atoms with Gasteiger partial charge in [0.15, 0.2) is 5.76 Å². The zero-order valence-electron chi connectivity index (χ0n) is 10.2. The third kappa shape index (κ3) is 3.45. The lowest BCUT2D eigenvalue weighted by molar-refractivity contribution is 0.0934. The second-order valence-corrected chi connectivity index (χ2v) is 5.68. The van der Waals surface area contributed by atoms with Crippen molar-refractivity contribution in [2.45, 2.75) is 10.6 Å². The SMILES string of the molecule is CNC(=O)c1ccc(C[S@](=O)c2cccc(Cl)c2)o1. The van der Waals surface area contributed by atoms with Crippen LogP contribution in [0.3, 0.4) is 0 Å². The van der Waals surface area contributed by atoms with Crippen molar-refractivity contribution in [1.82, 2.24) is 5.32 Å². The predicted molar refractivity (Wildman–Crippen MR) is 73.7 cm³/mol. The monoisotopic (exact) mass is 297 g/mol. The summed E-state index contributed by atoms with van der Waals surface area (Å²) in [7, 11) is 0.266. The smallest absolute Gasteiger partial charge is 0.286 e. The quantitative estimate of drug-likeness (QED) is 0.943. The first-order valence-corrected chi connectivity index (χ1v) is 7.24. The topological polar surface area (TPSA) is 59.3 Å². The highest BCUT2D eigenvalue weighted by molar-refractivity contribution is 7.84. The summed E-state index contributed by atoms with van der Waals surface area (Å²) in [6.07, 6.45) is 0. The number of hydrogen-bond donors (Lipinski definition) is 1. The van der Waals surface area contributed by atoms with Crippen LogP contribution in [0.15, 0.2) is 45.7 Å². The molecule has 1 aromatic carbocycles. The lowest BCUT2D eigenvalue weighted by Crippen LogP contribution is -2.16. The van der Waals surface area contributed by atoms with Crippen LogP contribution in [0.25, 0.3) is 0 Å². The van der Waals surface area contributed by atoms with Gasteiger partial charge in [-0.3, -0.25) is 9.00 Å². The standard InChI is InChI=1S/C13H12ClNO3S/c1-15-13(16)12-6-5-10(18-12)8-19(17)11-4-2-3-9(14)7-11/h2-7H,8H2,1H3,(H,15,16)/t19-/m0/s1. The molecule has 0 fully saturated rings. The van der Waals surface area contributed by atoms with E-state index in [1.54, 1.807) is 36.4 Å². The van der Waals surface area contributed by atoms with Gasteiger partial charge in [0.05, 0.1) is 16.6 Å². The van der Waals surface area contributed by atoms with Crippen molar-refractivity contribution >= 4 is 28.3 Å². The molecule has 2 aromatic rings. The number of amides is 1. The van der Waals surface area contributed by atoms with Crippen LogP contribution >= 0.6 is 11.6 Å². The molecule has 1 aromatic heterocycles. The van der Waals surface area contributed by atoms with Gasteiger partial charge in [0.2, 0.25) is 0 Å². The Balaban J connectivity index is 2.11. The van der Waals surface area contributed by atoms with Gasteiger partial charge in [0, 0.05) is 17.0 Å². The second kappa shape index (κ2) is 6.04. The van der Waals surface area contributed by atoms with Crippen molar-refractivity contribution in [2.24, 2.45) is 0 Å². The number of halogens is 1. The van der Waals surface area contributed by atoms with Crippen LogP contribution < -0.4 is 5.32 Å². The minimum atomic E-state index is -1.26. The van der Waals surface area contributed by atoms with E-state index < -0.39 is 10.8 Å². The Morgan fingerprint density at radius 3 is 2.84 bits per heavy atom. The summed E-state index contributed by atoms with van der Waals surface area (Å²) in [6, 6.07) is 10.1. The van der Waals surface area contributed by atoms with Gasteiger partial charge in [-0.1, -0.05) is 17.7 Å². The summed E-state index contributed by atoms with van der Waals surface area (Å²) in [5, 5.41) is 3.00. The third-order valence-electron chi connectivity index (χ3n) is 2.44. The molecule has 0 spiro atoms. The van der Waals surface area contributed by atoms with Gasteiger partial charge < -0.3 is 9.73 Å². The molecule has 1 heterocycles. The molecule has 0 radical (unpaired) electrons. The summed E-state index contributed by atoms with van der Waals surface area (Å²) in [6.45, 7) is 0. The number of carbonyl (C=O) groups is 1. The van der Waals surface area contributed by atoms with Crippen LogP contribution in [0.2, 0.25) is 5.02 Å². The lowest BCUT2D eigenvalue weighted by atomic mass is 10.4. The molecule has 0 aliphatic carbocycles. The largest absolute Gasteiger partial charge is 0.455 e. The fourth-order valence-electron chi connectivity index (χ4n) is 1.52. The lowest BCUT2D eigenvalue weighted by Gasteiger charge is -2.01. The van der Waals surface area contributed by atoms with Gasteiger partial charge in [-0.05, 0) is 30.3 Å². The van der Waals surface area contributed by atoms with E-state index in [4.69, 9.17) is 16.0 Å². The Morgan fingerprint density at radius 1 is 1.37 bits per heavy atom. The zero-order chi connectivity index (χ0) is 13.8. The molecule has 100 valence electrons. The summed E-state index contributed by atoms with van der Waals surface area (Å²) in [5.41, 5.74) is 0. The number of rotatable bonds is 4. The first-order chi connectivity index (χ1) is 9.10. The maximum atomic E-state index is 12.1. The zero-order valence-corrected chi connectivity index (χ0v) is 11.8. The minimum Gasteiger partial charge on any atom is -0.455 e. The van der Waals surface area contributed by atoms with E-state index in [0.29, 0.717) is 15.7 Å². The van der Waals surface area contributed by atoms with Crippen molar-refractivity contribution in [3.63, 3.8) is 0 Å². The molecule has 0 aliphatic heterocycles. The van der Waals surface area contributed by atoms with E-state index in [2.05, 4.69) is 5.32 Å². The number of furan rings is 1. The molecule has 19 heavy (non-hydrogen) atoms.